The molecule has 0 radical (unpaired) electrons. The fraction of sp³-hybridized carbons (Fsp3) is 0.381. The van der Waals surface area contributed by atoms with Crippen molar-refractivity contribution in [2.75, 3.05) is 6.54 Å². The van der Waals surface area contributed by atoms with E-state index in [9.17, 15) is 4.79 Å². The van der Waals surface area contributed by atoms with E-state index in [4.69, 9.17) is 0 Å². The molecule has 3 rings (SSSR count). The highest BCUT2D eigenvalue weighted by Gasteiger charge is 2.08. The molecule has 0 bridgehead atoms. The van der Waals surface area contributed by atoms with Crippen LogP contribution in [0.1, 0.15) is 45.1 Å². The molecule has 0 aliphatic carbocycles. The predicted octanol–water partition coefficient (Wildman–Crippen LogP) is 3.18. The lowest BCUT2D eigenvalue weighted by Crippen LogP contribution is -2.25. The lowest BCUT2D eigenvalue weighted by atomic mass is 10.1. The molecule has 0 fully saturated rings. The normalized spacial score (nSPS) is 11.0. The molecule has 2 aromatic heterocycles. The average molecular weight is 365 g/mol. The van der Waals surface area contributed by atoms with Crippen molar-refractivity contribution in [2.45, 2.75) is 47.2 Å². The number of benzene rings is 1. The molecule has 0 unspecified atom stereocenters. The van der Waals surface area contributed by atoms with Gasteiger partial charge in [-0.25, -0.2) is 0 Å². The van der Waals surface area contributed by atoms with Crippen LogP contribution in [0.5, 0.6) is 0 Å². The Balaban J connectivity index is 1.54. The van der Waals surface area contributed by atoms with Gasteiger partial charge in [-0.3, -0.25) is 14.2 Å². The van der Waals surface area contributed by atoms with Crippen LogP contribution in [0.2, 0.25) is 0 Å². The topological polar surface area (TPSA) is 64.7 Å². The highest BCUT2D eigenvalue weighted by Crippen LogP contribution is 2.10. The maximum Gasteiger partial charge on any atom is 0.251 e. The summed E-state index contributed by atoms with van der Waals surface area (Å²) in [6.45, 7) is 10.2. The predicted molar refractivity (Wildman–Crippen MR) is 106 cm³/mol. The summed E-state index contributed by atoms with van der Waals surface area (Å²) in [6.07, 6.45) is 0.846. The number of nitrogens with zero attached hydrogens (tertiary/aromatic N) is 4. The van der Waals surface area contributed by atoms with Crippen LogP contribution < -0.4 is 5.32 Å². The zero-order chi connectivity index (χ0) is 19.4. The second-order valence-corrected chi connectivity index (χ2v) is 7.04. The molecule has 3 aromatic rings. The smallest absolute Gasteiger partial charge is 0.251 e. The fourth-order valence-electron chi connectivity index (χ4n) is 3.25. The molecular weight excluding hydrogens is 338 g/mol. The Kier molecular flexibility index (Phi) is 5.74. The van der Waals surface area contributed by atoms with Gasteiger partial charge < -0.3 is 5.32 Å². The average Bonchev–Trinajstić information content (AvgIpc) is 3.11. The summed E-state index contributed by atoms with van der Waals surface area (Å²) < 4.78 is 3.94. The van der Waals surface area contributed by atoms with Gasteiger partial charge in [0, 0.05) is 30.0 Å². The van der Waals surface area contributed by atoms with E-state index >= 15 is 0 Å². The summed E-state index contributed by atoms with van der Waals surface area (Å²) in [5.41, 5.74) is 6.04. The summed E-state index contributed by atoms with van der Waals surface area (Å²) >= 11 is 0. The quantitative estimate of drug-likeness (QED) is 0.654. The molecule has 2 heterocycles. The van der Waals surface area contributed by atoms with Gasteiger partial charge >= 0.3 is 0 Å². The SMILES string of the molecule is Cc1cc(C)n(CCCNC(=O)c2cccc(Cn3nc(C)cc3C)c2)n1. The monoisotopic (exact) mass is 365 g/mol. The van der Waals surface area contributed by atoms with Gasteiger partial charge in [0.15, 0.2) is 0 Å². The second-order valence-electron chi connectivity index (χ2n) is 7.04. The van der Waals surface area contributed by atoms with Gasteiger partial charge in [0.05, 0.1) is 17.9 Å². The number of aryl methyl sites for hydroxylation is 5. The Morgan fingerprint density at radius 2 is 1.63 bits per heavy atom. The van der Waals surface area contributed by atoms with Gasteiger partial charge in [0.25, 0.3) is 5.91 Å². The second kappa shape index (κ2) is 8.20. The molecule has 0 spiro atoms. The molecule has 27 heavy (non-hydrogen) atoms. The van der Waals surface area contributed by atoms with Crippen LogP contribution in [0, 0.1) is 27.7 Å². The Bertz CT molecular complexity index is 938. The van der Waals surface area contributed by atoms with Crippen LogP contribution in [-0.4, -0.2) is 32.0 Å². The van der Waals surface area contributed by atoms with Crippen LogP contribution >= 0.6 is 0 Å². The fourth-order valence-corrected chi connectivity index (χ4v) is 3.25. The highest BCUT2D eigenvalue weighted by molar-refractivity contribution is 5.94. The Morgan fingerprint density at radius 3 is 2.26 bits per heavy atom. The van der Waals surface area contributed by atoms with Gasteiger partial charge in [-0.05, 0) is 63.9 Å². The first kappa shape index (κ1) is 18.9. The zero-order valence-electron chi connectivity index (χ0n) is 16.5. The van der Waals surface area contributed by atoms with Gasteiger partial charge in [-0.15, -0.1) is 0 Å². The van der Waals surface area contributed by atoms with Crippen molar-refractivity contribution in [3.8, 4) is 0 Å². The van der Waals surface area contributed by atoms with E-state index in [1.165, 1.54) is 0 Å². The van der Waals surface area contributed by atoms with Crippen molar-refractivity contribution in [1.29, 1.82) is 0 Å². The molecular formula is C21H27N5O. The molecule has 6 heteroatoms. The minimum atomic E-state index is -0.0430. The van der Waals surface area contributed by atoms with Gasteiger partial charge in [-0.2, -0.15) is 10.2 Å². The first-order valence-corrected chi connectivity index (χ1v) is 9.31. The molecule has 0 aliphatic heterocycles. The standard InChI is InChI=1S/C21H27N5O/c1-15-11-17(3)25(23-15)10-6-9-22-21(27)20-8-5-7-19(13-20)14-26-18(4)12-16(2)24-26/h5,7-8,11-13H,6,9-10,14H2,1-4H3,(H,22,27). The first-order chi connectivity index (χ1) is 12.9. The number of amides is 1. The molecule has 6 nitrogen and oxygen atoms in total. The lowest BCUT2D eigenvalue weighted by molar-refractivity contribution is 0.0952. The minimum Gasteiger partial charge on any atom is -0.352 e. The zero-order valence-corrected chi connectivity index (χ0v) is 16.5. The van der Waals surface area contributed by atoms with E-state index in [0.29, 0.717) is 18.7 Å². The van der Waals surface area contributed by atoms with Crippen molar-refractivity contribution in [3.63, 3.8) is 0 Å². The molecule has 0 saturated carbocycles. The molecule has 1 N–H and O–H groups in total. The maximum absolute atomic E-state index is 12.4. The Hall–Kier alpha value is -2.89. The van der Waals surface area contributed by atoms with Crippen molar-refractivity contribution in [2.24, 2.45) is 0 Å². The van der Waals surface area contributed by atoms with E-state index in [-0.39, 0.29) is 5.91 Å². The number of hydrogen-bond donors (Lipinski definition) is 1. The molecule has 0 aliphatic rings. The summed E-state index contributed by atoms with van der Waals surface area (Å²) in [7, 11) is 0. The van der Waals surface area contributed by atoms with Crippen LogP contribution in [0.4, 0.5) is 0 Å². The number of nitrogens with one attached hydrogen (secondary N) is 1. The molecule has 0 atom stereocenters. The summed E-state index contributed by atoms with van der Waals surface area (Å²) in [6, 6.07) is 11.8. The van der Waals surface area contributed by atoms with Crippen LogP contribution in [0.15, 0.2) is 36.4 Å². The maximum atomic E-state index is 12.4. The summed E-state index contributed by atoms with van der Waals surface area (Å²) in [5, 5.41) is 11.9. The van der Waals surface area contributed by atoms with Crippen molar-refractivity contribution < 1.29 is 4.79 Å². The number of aromatic nitrogens is 4. The molecule has 142 valence electrons. The third-order valence-electron chi connectivity index (χ3n) is 4.56. The van der Waals surface area contributed by atoms with Crippen molar-refractivity contribution >= 4 is 5.91 Å². The van der Waals surface area contributed by atoms with E-state index in [0.717, 1.165) is 41.3 Å². The molecule has 0 saturated heterocycles. The van der Waals surface area contributed by atoms with E-state index in [2.05, 4.69) is 27.6 Å². The van der Waals surface area contributed by atoms with Crippen molar-refractivity contribution in [3.05, 3.63) is 70.3 Å². The van der Waals surface area contributed by atoms with Gasteiger partial charge in [0.2, 0.25) is 0 Å². The van der Waals surface area contributed by atoms with E-state index < -0.39 is 0 Å². The van der Waals surface area contributed by atoms with E-state index in [1.54, 1.807) is 0 Å². The van der Waals surface area contributed by atoms with Crippen LogP contribution in [0.25, 0.3) is 0 Å². The van der Waals surface area contributed by atoms with Gasteiger partial charge in [0.1, 0.15) is 0 Å². The third-order valence-corrected chi connectivity index (χ3v) is 4.56. The minimum absolute atomic E-state index is 0.0430. The number of carbonyl (C=O) groups is 1. The summed E-state index contributed by atoms with van der Waals surface area (Å²) in [5.74, 6) is -0.0430. The number of rotatable bonds is 7. The third kappa shape index (κ3) is 4.84. The highest BCUT2D eigenvalue weighted by atomic mass is 16.1. The summed E-state index contributed by atoms with van der Waals surface area (Å²) in [4.78, 5) is 12.4. The Labute approximate surface area is 160 Å². The van der Waals surface area contributed by atoms with Crippen LogP contribution in [-0.2, 0) is 13.1 Å². The Morgan fingerprint density at radius 1 is 0.963 bits per heavy atom. The number of hydrogen-bond acceptors (Lipinski definition) is 3. The van der Waals surface area contributed by atoms with Crippen molar-refractivity contribution in [1.82, 2.24) is 24.9 Å². The lowest BCUT2D eigenvalue weighted by Gasteiger charge is -2.09. The number of carbonyl (C=O) groups excluding carboxylic acids is 1. The van der Waals surface area contributed by atoms with Crippen LogP contribution in [0.3, 0.4) is 0 Å². The van der Waals surface area contributed by atoms with E-state index in [1.807, 2.05) is 61.3 Å². The molecule has 1 amide bonds. The molecule has 1 aromatic carbocycles. The largest absolute Gasteiger partial charge is 0.352 e. The van der Waals surface area contributed by atoms with Gasteiger partial charge in [-0.1, -0.05) is 12.1 Å². The first-order valence-electron chi connectivity index (χ1n) is 9.31.